The molecule has 7 heteroatoms. The van der Waals surface area contributed by atoms with E-state index in [4.69, 9.17) is 9.97 Å². The van der Waals surface area contributed by atoms with Gasteiger partial charge in [0.25, 0.3) is 5.91 Å². The van der Waals surface area contributed by atoms with Crippen LogP contribution in [0.1, 0.15) is 24.2 Å². The predicted molar refractivity (Wildman–Crippen MR) is 130 cm³/mol. The van der Waals surface area contributed by atoms with Gasteiger partial charge in [-0.25, -0.2) is 18.7 Å². The highest BCUT2D eigenvalue weighted by atomic mass is 19.1. The molecule has 0 aliphatic heterocycles. The van der Waals surface area contributed by atoms with Crippen molar-refractivity contribution in [3.63, 3.8) is 0 Å². The number of carbonyl (C=O) groups is 1. The number of rotatable bonds is 8. The molecule has 0 bridgehead atoms. The molecule has 0 unspecified atom stereocenters. The van der Waals surface area contributed by atoms with Gasteiger partial charge in [0.1, 0.15) is 11.6 Å². The van der Waals surface area contributed by atoms with Gasteiger partial charge in [0.2, 0.25) is 0 Å². The summed E-state index contributed by atoms with van der Waals surface area (Å²) in [4.78, 5) is 24.5. The zero-order chi connectivity index (χ0) is 24.1. The van der Waals surface area contributed by atoms with Gasteiger partial charge in [-0.1, -0.05) is 13.8 Å². The third kappa shape index (κ3) is 5.26. The van der Waals surface area contributed by atoms with Gasteiger partial charge in [0.05, 0.1) is 22.4 Å². The summed E-state index contributed by atoms with van der Waals surface area (Å²) in [6.45, 7) is 7.37. The number of hydrogen-bond donors (Lipinski definition) is 1. The van der Waals surface area contributed by atoms with E-state index in [2.05, 4.69) is 24.1 Å². The first-order valence-electron chi connectivity index (χ1n) is 11.3. The molecule has 0 radical (unpaired) electrons. The number of fused-ring (bicyclic) bond motifs is 1. The first-order chi connectivity index (χ1) is 16.5. The van der Waals surface area contributed by atoms with E-state index in [0.29, 0.717) is 45.7 Å². The van der Waals surface area contributed by atoms with Crippen LogP contribution in [0.25, 0.3) is 33.5 Å². The lowest BCUT2D eigenvalue weighted by Gasteiger charge is -2.18. The second kappa shape index (κ2) is 10.5. The van der Waals surface area contributed by atoms with Crippen molar-refractivity contribution < 1.29 is 13.6 Å². The molecule has 5 nitrogen and oxygen atoms in total. The average molecular weight is 461 g/mol. The molecule has 0 atom stereocenters. The minimum Gasteiger partial charge on any atom is -0.351 e. The Kier molecular flexibility index (Phi) is 7.23. The Bertz CT molecular complexity index is 1290. The number of nitrogens with one attached hydrogen (secondary N) is 1. The van der Waals surface area contributed by atoms with Gasteiger partial charge in [-0.2, -0.15) is 0 Å². The summed E-state index contributed by atoms with van der Waals surface area (Å²) in [7, 11) is 0. The zero-order valence-electron chi connectivity index (χ0n) is 19.2. The van der Waals surface area contributed by atoms with E-state index in [1.165, 1.54) is 24.3 Å². The van der Waals surface area contributed by atoms with Crippen LogP contribution in [0.3, 0.4) is 0 Å². The van der Waals surface area contributed by atoms with E-state index in [0.717, 1.165) is 19.6 Å². The van der Waals surface area contributed by atoms with Crippen LogP contribution in [-0.4, -0.2) is 47.0 Å². The fraction of sp³-hybridized carbons (Fsp3) is 0.222. The molecule has 1 aromatic heterocycles. The first-order valence-corrected chi connectivity index (χ1v) is 11.3. The third-order valence-corrected chi connectivity index (χ3v) is 5.77. The quantitative estimate of drug-likeness (QED) is 0.387. The number of nitrogens with zero attached hydrogens (tertiary/aromatic N) is 3. The highest BCUT2D eigenvalue weighted by Crippen LogP contribution is 2.31. The molecule has 0 aliphatic rings. The summed E-state index contributed by atoms with van der Waals surface area (Å²) in [5, 5.41) is 2.95. The number of likely N-dealkylation sites (N-methyl/N-ethyl adjacent to an activating group) is 1. The Morgan fingerprint density at radius 3 is 1.85 bits per heavy atom. The highest BCUT2D eigenvalue weighted by Gasteiger charge is 2.15. The van der Waals surface area contributed by atoms with Crippen molar-refractivity contribution in [1.29, 1.82) is 0 Å². The maximum Gasteiger partial charge on any atom is 0.251 e. The zero-order valence-corrected chi connectivity index (χ0v) is 19.2. The van der Waals surface area contributed by atoms with Crippen molar-refractivity contribution in [2.24, 2.45) is 0 Å². The number of hydrogen-bond acceptors (Lipinski definition) is 4. The lowest BCUT2D eigenvalue weighted by Crippen LogP contribution is -2.34. The topological polar surface area (TPSA) is 58.1 Å². The molecule has 0 aliphatic carbocycles. The molecule has 1 N–H and O–H groups in total. The van der Waals surface area contributed by atoms with Crippen molar-refractivity contribution in [2.75, 3.05) is 26.2 Å². The molecule has 0 fully saturated rings. The Balaban J connectivity index is 1.71. The maximum atomic E-state index is 13.5. The van der Waals surface area contributed by atoms with Gasteiger partial charge in [0.15, 0.2) is 0 Å². The van der Waals surface area contributed by atoms with Crippen LogP contribution in [0.2, 0.25) is 0 Å². The standard InChI is InChI=1S/C27H26F2N4O/c1-3-33(4-2)16-15-30-27(34)20-9-14-23-24(17-20)32-26(19-7-12-22(29)13-8-19)25(31-23)18-5-10-21(28)11-6-18/h5-14,17H,3-4,15-16H2,1-2H3,(H,30,34). The molecule has 1 heterocycles. The third-order valence-electron chi connectivity index (χ3n) is 5.77. The molecule has 4 rings (SSSR count). The number of halogens is 2. The second-order valence-corrected chi connectivity index (χ2v) is 7.92. The molecule has 0 spiro atoms. The largest absolute Gasteiger partial charge is 0.351 e. The Labute approximate surface area is 197 Å². The maximum absolute atomic E-state index is 13.5. The molecule has 3 aromatic carbocycles. The first kappa shape index (κ1) is 23.4. The average Bonchev–Trinajstić information content (AvgIpc) is 2.86. The summed E-state index contributed by atoms with van der Waals surface area (Å²) in [5.41, 5.74) is 4.07. The summed E-state index contributed by atoms with van der Waals surface area (Å²) < 4.78 is 27.0. The molecule has 174 valence electrons. The Hall–Kier alpha value is -3.71. The second-order valence-electron chi connectivity index (χ2n) is 7.92. The monoisotopic (exact) mass is 460 g/mol. The van der Waals surface area contributed by atoms with Crippen LogP contribution < -0.4 is 5.32 Å². The minimum absolute atomic E-state index is 0.179. The van der Waals surface area contributed by atoms with Crippen molar-refractivity contribution in [2.45, 2.75) is 13.8 Å². The summed E-state index contributed by atoms with van der Waals surface area (Å²) in [5.74, 6) is -0.885. The van der Waals surface area contributed by atoms with Crippen LogP contribution in [0.4, 0.5) is 8.78 Å². The van der Waals surface area contributed by atoms with Crippen molar-refractivity contribution in [3.8, 4) is 22.5 Å². The Morgan fingerprint density at radius 1 is 0.794 bits per heavy atom. The number of aromatic nitrogens is 2. The van der Waals surface area contributed by atoms with Gasteiger partial charge in [0, 0.05) is 29.8 Å². The number of carbonyl (C=O) groups excluding carboxylic acids is 1. The lowest BCUT2D eigenvalue weighted by atomic mass is 10.0. The number of benzene rings is 3. The fourth-order valence-electron chi connectivity index (χ4n) is 3.78. The van der Waals surface area contributed by atoms with Gasteiger partial charge >= 0.3 is 0 Å². The Morgan fingerprint density at radius 2 is 1.32 bits per heavy atom. The van der Waals surface area contributed by atoms with Crippen LogP contribution in [0.15, 0.2) is 66.7 Å². The molecular weight excluding hydrogens is 434 g/mol. The minimum atomic E-state index is -0.357. The smallest absolute Gasteiger partial charge is 0.251 e. The molecule has 34 heavy (non-hydrogen) atoms. The SMILES string of the molecule is CCN(CC)CCNC(=O)c1ccc2nc(-c3ccc(F)cc3)c(-c3ccc(F)cc3)nc2c1. The van der Waals surface area contributed by atoms with E-state index in [-0.39, 0.29) is 17.5 Å². The van der Waals surface area contributed by atoms with Crippen LogP contribution in [0, 0.1) is 11.6 Å². The van der Waals surface area contributed by atoms with E-state index in [1.54, 1.807) is 42.5 Å². The van der Waals surface area contributed by atoms with Crippen molar-refractivity contribution in [1.82, 2.24) is 20.2 Å². The van der Waals surface area contributed by atoms with Crippen LogP contribution >= 0.6 is 0 Å². The summed E-state index contributed by atoms with van der Waals surface area (Å²) in [6, 6.07) is 17.1. The normalized spacial score (nSPS) is 11.2. The van der Waals surface area contributed by atoms with Gasteiger partial charge in [-0.05, 0) is 79.8 Å². The molecule has 1 amide bonds. The molecule has 0 saturated carbocycles. The van der Waals surface area contributed by atoms with Gasteiger partial charge < -0.3 is 10.2 Å². The fourth-order valence-corrected chi connectivity index (χ4v) is 3.78. The lowest BCUT2D eigenvalue weighted by molar-refractivity contribution is 0.0949. The van der Waals surface area contributed by atoms with Crippen molar-refractivity contribution in [3.05, 3.63) is 83.9 Å². The van der Waals surface area contributed by atoms with Crippen molar-refractivity contribution >= 4 is 16.9 Å². The van der Waals surface area contributed by atoms with Gasteiger partial charge in [-0.3, -0.25) is 4.79 Å². The van der Waals surface area contributed by atoms with Gasteiger partial charge in [-0.15, -0.1) is 0 Å². The summed E-state index contributed by atoms with van der Waals surface area (Å²) in [6.07, 6.45) is 0. The number of amides is 1. The molecule has 4 aromatic rings. The van der Waals surface area contributed by atoms with E-state index < -0.39 is 0 Å². The molecule has 0 saturated heterocycles. The van der Waals surface area contributed by atoms with E-state index in [1.807, 2.05) is 0 Å². The van der Waals surface area contributed by atoms with E-state index >= 15 is 0 Å². The van der Waals surface area contributed by atoms with Crippen LogP contribution in [-0.2, 0) is 0 Å². The van der Waals surface area contributed by atoms with Crippen LogP contribution in [0.5, 0.6) is 0 Å². The highest BCUT2D eigenvalue weighted by molar-refractivity contribution is 5.98. The predicted octanol–water partition coefficient (Wildman–Crippen LogP) is 5.31. The van der Waals surface area contributed by atoms with E-state index in [9.17, 15) is 13.6 Å². The summed E-state index contributed by atoms with van der Waals surface area (Å²) >= 11 is 0. The molecular formula is C27H26F2N4O.